The van der Waals surface area contributed by atoms with Crippen molar-refractivity contribution in [2.45, 2.75) is 36.5 Å². The highest BCUT2D eigenvalue weighted by atomic mass is 32.3. The topological polar surface area (TPSA) is 105 Å². The lowest BCUT2D eigenvalue weighted by atomic mass is 10.1. The fourth-order valence-electron chi connectivity index (χ4n) is 2.84. The standard InChI is InChI=1S/C20H20N4S2.H2O4S/c1-3-17-13-15-9-5-7-11-19(15)25-23(17)21-22-24-18(4-2)14-16-10-6-8-12-20(16)26-24;1-5(2,3)4/h5-14H,3-4H2,1-2H3;(H2,1,2,3,4)/q+2;. The summed E-state index contributed by atoms with van der Waals surface area (Å²) in [5.74, 6) is 0. The van der Waals surface area contributed by atoms with Crippen molar-refractivity contribution >= 4 is 46.4 Å². The van der Waals surface area contributed by atoms with Crippen LogP contribution >= 0.6 is 23.9 Å². The highest BCUT2D eigenvalue weighted by Gasteiger charge is 2.29. The summed E-state index contributed by atoms with van der Waals surface area (Å²) in [5.41, 5.74) is 4.80. The minimum Gasteiger partial charge on any atom is -0.264 e. The predicted octanol–water partition coefficient (Wildman–Crippen LogP) is 6.12. The van der Waals surface area contributed by atoms with Gasteiger partial charge in [-0.2, -0.15) is 8.42 Å². The second kappa shape index (κ2) is 10.3. The van der Waals surface area contributed by atoms with E-state index < -0.39 is 10.4 Å². The highest BCUT2D eigenvalue weighted by molar-refractivity contribution is 7.93. The molecule has 2 aliphatic rings. The Morgan fingerprint density at radius 2 is 1.13 bits per heavy atom. The highest BCUT2D eigenvalue weighted by Crippen LogP contribution is 2.36. The van der Waals surface area contributed by atoms with E-state index in [0.29, 0.717) is 0 Å². The first kappa shape index (κ1) is 23.4. The first-order valence-corrected chi connectivity index (χ1v) is 12.4. The maximum Gasteiger partial charge on any atom is 0.402 e. The van der Waals surface area contributed by atoms with Crippen LogP contribution in [0, 0.1) is 0 Å². The number of benzene rings is 2. The van der Waals surface area contributed by atoms with Crippen LogP contribution in [0.2, 0.25) is 0 Å². The zero-order valence-corrected chi connectivity index (χ0v) is 19.4. The molecule has 0 saturated carbocycles. The van der Waals surface area contributed by atoms with Crippen molar-refractivity contribution in [3.8, 4) is 0 Å². The quantitative estimate of drug-likeness (QED) is 0.238. The Kier molecular flexibility index (Phi) is 7.79. The zero-order valence-electron chi connectivity index (χ0n) is 16.9. The minimum absolute atomic E-state index is 0.910. The third kappa shape index (κ3) is 6.58. The van der Waals surface area contributed by atoms with Crippen LogP contribution < -0.4 is 0 Å². The lowest BCUT2D eigenvalue weighted by Gasteiger charge is -2.10. The van der Waals surface area contributed by atoms with Crippen LogP contribution in [-0.2, 0) is 10.4 Å². The third-order valence-corrected chi connectivity index (χ3v) is 6.37. The van der Waals surface area contributed by atoms with Gasteiger partial charge in [-0.15, -0.1) is 0 Å². The molecule has 0 aromatic heterocycles. The Bertz CT molecular complexity index is 1120. The van der Waals surface area contributed by atoms with Gasteiger partial charge in [0.2, 0.25) is 0 Å². The maximum atomic E-state index is 8.74. The minimum atomic E-state index is -4.67. The fraction of sp³-hybridized carbons (Fsp3) is 0.200. The average Bonchev–Trinajstić information content (AvgIpc) is 2.75. The molecule has 0 bridgehead atoms. The molecule has 0 amide bonds. The summed E-state index contributed by atoms with van der Waals surface area (Å²) in [7, 11) is -4.67. The number of nitrogens with zero attached hydrogens (tertiary/aromatic N) is 4. The van der Waals surface area contributed by atoms with E-state index in [1.807, 2.05) is 8.21 Å². The van der Waals surface area contributed by atoms with E-state index in [9.17, 15) is 0 Å². The van der Waals surface area contributed by atoms with Gasteiger partial charge in [-0.25, -0.2) is 0 Å². The largest absolute Gasteiger partial charge is 0.402 e. The number of hydrogen-bond donors (Lipinski definition) is 2. The van der Waals surface area contributed by atoms with Gasteiger partial charge in [-0.3, -0.25) is 9.11 Å². The Balaban J connectivity index is 0.000000491. The van der Waals surface area contributed by atoms with Gasteiger partial charge in [0, 0.05) is 21.0 Å². The second-order valence-corrected chi connectivity index (χ2v) is 9.24. The van der Waals surface area contributed by atoms with Gasteiger partial charge in [-0.1, -0.05) is 50.2 Å². The molecule has 2 N–H and O–H groups in total. The summed E-state index contributed by atoms with van der Waals surface area (Å²) in [6.07, 6.45) is 6.21. The summed E-state index contributed by atoms with van der Waals surface area (Å²) in [5, 5.41) is 9.09. The van der Waals surface area contributed by atoms with Gasteiger partial charge in [0.1, 0.15) is 0 Å². The Morgan fingerprint density at radius 1 is 0.774 bits per heavy atom. The van der Waals surface area contributed by atoms with Gasteiger partial charge in [-0.05, 0) is 35.4 Å². The van der Waals surface area contributed by atoms with E-state index in [1.54, 1.807) is 23.9 Å². The Hall–Kier alpha value is -2.31. The molecule has 0 aliphatic carbocycles. The fourth-order valence-corrected chi connectivity index (χ4v) is 4.69. The van der Waals surface area contributed by atoms with E-state index in [-0.39, 0.29) is 0 Å². The Labute approximate surface area is 189 Å². The van der Waals surface area contributed by atoms with Crippen molar-refractivity contribution in [2.75, 3.05) is 0 Å². The van der Waals surface area contributed by atoms with Crippen molar-refractivity contribution in [3.05, 3.63) is 71.1 Å². The molecule has 2 aromatic rings. The molecule has 11 heteroatoms. The van der Waals surface area contributed by atoms with Crippen LogP contribution in [0.15, 0.2) is 80.2 Å². The first-order chi connectivity index (χ1) is 14.8. The van der Waals surface area contributed by atoms with Crippen molar-refractivity contribution in [1.29, 1.82) is 0 Å². The Morgan fingerprint density at radius 3 is 1.48 bits per heavy atom. The van der Waals surface area contributed by atoms with E-state index in [4.69, 9.17) is 17.5 Å². The summed E-state index contributed by atoms with van der Waals surface area (Å²) in [4.78, 5) is 2.40. The molecule has 2 aromatic carbocycles. The van der Waals surface area contributed by atoms with Gasteiger partial charge in [0.15, 0.2) is 35.3 Å². The average molecular weight is 479 g/mol. The lowest BCUT2D eigenvalue weighted by Crippen LogP contribution is -2.07. The predicted molar refractivity (Wildman–Crippen MR) is 121 cm³/mol. The molecular formula is C20H22N4O4S3+2. The summed E-state index contributed by atoms with van der Waals surface area (Å²) in [6, 6.07) is 16.8. The molecule has 0 radical (unpaired) electrons. The molecule has 2 heterocycles. The molecule has 4 rings (SSSR count). The summed E-state index contributed by atoms with van der Waals surface area (Å²) < 4.78 is 35.4. The number of rotatable bonds is 3. The molecular weight excluding hydrogens is 456 g/mol. The third-order valence-electron chi connectivity index (χ3n) is 4.27. The molecule has 31 heavy (non-hydrogen) atoms. The molecule has 2 aliphatic heterocycles. The molecule has 0 atom stereocenters. The van der Waals surface area contributed by atoms with Crippen LogP contribution in [0.1, 0.15) is 37.8 Å². The van der Waals surface area contributed by atoms with Crippen molar-refractivity contribution < 1.29 is 25.7 Å². The maximum absolute atomic E-state index is 8.74. The normalized spacial score (nSPS) is 17.8. The first-order valence-electron chi connectivity index (χ1n) is 9.45. The van der Waals surface area contributed by atoms with Crippen LogP contribution in [-0.4, -0.2) is 25.7 Å². The van der Waals surface area contributed by atoms with Crippen molar-refractivity contribution in [3.63, 3.8) is 0 Å². The van der Waals surface area contributed by atoms with Crippen LogP contribution in [0.25, 0.3) is 12.2 Å². The SMILES string of the molecule is CCC1=Cc2ccccc2S[N+]1=NN=[N+]1Sc2ccccc2C=C1CC.O=S(=O)(O)O. The van der Waals surface area contributed by atoms with E-state index in [1.165, 1.54) is 20.9 Å². The van der Waals surface area contributed by atoms with Crippen LogP contribution in [0.4, 0.5) is 0 Å². The van der Waals surface area contributed by atoms with Crippen LogP contribution in [0.5, 0.6) is 0 Å². The van der Waals surface area contributed by atoms with E-state index in [2.05, 4.69) is 85.0 Å². The van der Waals surface area contributed by atoms with Gasteiger partial charge in [0.05, 0.1) is 9.79 Å². The number of hydrogen-bond acceptors (Lipinski definition) is 4. The van der Waals surface area contributed by atoms with E-state index >= 15 is 0 Å². The summed E-state index contributed by atoms with van der Waals surface area (Å²) >= 11 is 3.24. The van der Waals surface area contributed by atoms with Gasteiger partial charge < -0.3 is 0 Å². The van der Waals surface area contributed by atoms with Crippen molar-refractivity contribution in [2.24, 2.45) is 10.4 Å². The molecule has 162 valence electrons. The second-order valence-electron chi connectivity index (χ2n) is 6.41. The molecule has 0 unspecified atom stereocenters. The lowest BCUT2D eigenvalue weighted by molar-refractivity contribution is -0.430. The number of allylic oxidation sites excluding steroid dienone is 2. The van der Waals surface area contributed by atoms with Crippen LogP contribution in [0.3, 0.4) is 0 Å². The zero-order chi connectivity index (χ0) is 22.4. The summed E-state index contributed by atoms with van der Waals surface area (Å²) in [6.45, 7) is 4.29. The van der Waals surface area contributed by atoms with Gasteiger partial charge >= 0.3 is 20.8 Å². The molecule has 0 saturated heterocycles. The smallest absolute Gasteiger partial charge is 0.264 e. The van der Waals surface area contributed by atoms with Gasteiger partial charge in [0.25, 0.3) is 0 Å². The van der Waals surface area contributed by atoms with E-state index in [0.717, 1.165) is 24.2 Å². The molecule has 0 fully saturated rings. The molecule has 0 spiro atoms. The monoisotopic (exact) mass is 478 g/mol. The number of fused-ring (bicyclic) bond motifs is 2. The van der Waals surface area contributed by atoms with Crippen molar-refractivity contribution in [1.82, 2.24) is 0 Å². The molecule has 8 nitrogen and oxygen atoms in total.